The van der Waals surface area contributed by atoms with Crippen LogP contribution in [0, 0.1) is 0 Å². The van der Waals surface area contributed by atoms with Crippen LogP contribution in [0.5, 0.6) is 0 Å². The van der Waals surface area contributed by atoms with Gasteiger partial charge in [0.15, 0.2) is 0 Å². The second-order valence-electron chi connectivity index (χ2n) is 2.81. The van der Waals surface area contributed by atoms with Crippen molar-refractivity contribution in [2.45, 2.75) is 0 Å². The summed E-state index contributed by atoms with van der Waals surface area (Å²) in [6.07, 6.45) is 0. The molecule has 0 aliphatic carbocycles. The summed E-state index contributed by atoms with van der Waals surface area (Å²) < 4.78 is 0.746. The maximum Gasteiger partial charge on any atom is 0.251 e. The van der Waals surface area contributed by atoms with Crippen molar-refractivity contribution in [1.82, 2.24) is 5.32 Å². The van der Waals surface area contributed by atoms with Gasteiger partial charge in [0.2, 0.25) is 0 Å². The van der Waals surface area contributed by atoms with E-state index in [2.05, 4.69) is 33.5 Å². The number of benzene rings is 1. The van der Waals surface area contributed by atoms with Crippen LogP contribution in [0.4, 0.5) is 0 Å². The summed E-state index contributed by atoms with van der Waals surface area (Å²) in [7, 11) is 0. The Morgan fingerprint density at radius 2 is 2.20 bits per heavy atom. The van der Waals surface area contributed by atoms with Crippen molar-refractivity contribution in [3.63, 3.8) is 0 Å². The zero-order chi connectivity index (χ0) is 11.4. The molecule has 0 aliphatic rings. The summed E-state index contributed by atoms with van der Waals surface area (Å²) in [4.78, 5) is 11.8. The Bertz CT molecular complexity index is 391. The Morgan fingerprint density at radius 3 is 2.73 bits per heavy atom. The van der Waals surface area contributed by atoms with E-state index < -0.39 is 0 Å². The molecule has 15 heavy (non-hydrogen) atoms. The summed E-state index contributed by atoms with van der Waals surface area (Å²) >= 11 is 13.7. The number of nitrogens with one attached hydrogen (secondary N) is 1. The number of thiocarbonyl (C=S) groups is 1. The summed E-state index contributed by atoms with van der Waals surface area (Å²) in [6, 6.07) is 4.94. The van der Waals surface area contributed by atoms with Crippen LogP contribution in [0.25, 0.3) is 0 Å². The molecule has 1 aromatic rings. The van der Waals surface area contributed by atoms with Crippen LogP contribution >= 0.6 is 39.7 Å². The van der Waals surface area contributed by atoms with Gasteiger partial charge in [-0.05, 0) is 18.2 Å². The zero-order valence-electron chi connectivity index (χ0n) is 7.59. The molecule has 1 amide bonds. The Balaban J connectivity index is 2.77. The zero-order valence-corrected chi connectivity index (χ0v) is 10.7. The predicted octanol–water partition coefficient (Wildman–Crippen LogP) is 2.12. The molecule has 6 heteroatoms. The highest BCUT2D eigenvalue weighted by Crippen LogP contribution is 2.19. The van der Waals surface area contributed by atoms with E-state index in [9.17, 15) is 4.79 Å². The Morgan fingerprint density at radius 1 is 1.53 bits per heavy atom. The van der Waals surface area contributed by atoms with Crippen molar-refractivity contribution in [1.29, 1.82) is 0 Å². The highest BCUT2D eigenvalue weighted by molar-refractivity contribution is 9.10. The van der Waals surface area contributed by atoms with Gasteiger partial charge in [-0.2, -0.15) is 0 Å². The first-order chi connectivity index (χ1) is 6.99. The van der Waals surface area contributed by atoms with Gasteiger partial charge in [-0.15, -0.1) is 0 Å². The lowest BCUT2D eigenvalue weighted by Gasteiger charge is -2.04. The molecule has 0 saturated carbocycles. The molecule has 0 heterocycles. The molecule has 0 aliphatic heterocycles. The van der Waals surface area contributed by atoms with Crippen LogP contribution in [0.2, 0.25) is 5.02 Å². The molecule has 0 saturated heterocycles. The monoisotopic (exact) mass is 306 g/mol. The summed E-state index contributed by atoms with van der Waals surface area (Å²) in [5, 5.41) is 3.06. The van der Waals surface area contributed by atoms with Gasteiger partial charge in [0.25, 0.3) is 5.91 Å². The average Bonchev–Trinajstić information content (AvgIpc) is 2.12. The predicted molar refractivity (Wildman–Crippen MR) is 68.3 cm³/mol. The Labute approximate surface area is 106 Å². The van der Waals surface area contributed by atoms with Crippen LogP contribution in [0.1, 0.15) is 10.4 Å². The molecule has 1 aromatic carbocycles. The maximum atomic E-state index is 11.5. The standard InChI is InChI=1S/C9H8BrClN2OS/c10-6-1-5(2-7(11)3-6)9(14)13-4-8(12)15/h1-3H,4H2,(H2,12,15)(H,13,14). The van der Waals surface area contributed by atoms with Crippen LogP contribution in [0.3, 0.4) is 0 Å². The highest BCUT2D eigenvalue weighted by atomic mass is 79.9. The first-order valence-corrected chi connectivity index (χ1v) is 5.59. The van der Waals surface area contributed by atoms with Crippen molar-refractivity contribution in [3.8, 4) is 0 Å². The molecular formula is C9H8BrClN2OS. The molecular weight excluding hydrogens is 300 g/mol. The number of amides is 1. The van der Waals surface area contributed by atoms with Crippen LogP contribution in [0.15, 0.2) is 22.7 Å². The number of nitrogens with two attached hydrogens (primary N) is 1. The molecule has 80 valence electrons. The van der Waals surface area contributed by atoms with Gasteiger partial charge >= 0.3 is 0 Å². The molecule has 1 rings (SSSR count). The smallest absolute Gasteiger partial charge is 0.251 e. The van der Waals surface area contributed by atoms with E-state index in [-0.39, 0.29) is 17.4 Å². The number of hydrogen-bond donors (Lipinski definition) is 2. The molecule has 3 nitrogen and oxygen atoms in total. The molecule has 0 unspecified atom stereocenters. The van der Waals surface area contributed by atoms with E-state index in [1.54, 1.807) is 18.2 Å². The number of carbonyl (C=O) groups excluding carboxylic acids is 1. The average molecular weight is 308 g/mol. The third-order valence-electron chi connectivity index (χ3n) is 1.55. The van der Waals surface area contributed by atoms with Crippen molar-refractivity contribution < 1.29 is 4.79 Å². The quantitative estimate of drug-likeness (QED) is 0.841. The van der Waals surface area contributed by atoms with E-state index >= 15 is 0 Å². The van der Waals surface area contributed by atoms with E-state index in [1.165, 1.54) is 0 Å². The second kappa shape index (κ2) is 5.44. The Hall–Kier alpha value is -0.650. The fourth-order valence-corrected chi connectivity index (χ4v) is 1.89. The fraction of sp³-hybridized carbons (Fsp3) is 0.111. The lowest BCUT2D eigenvalue weighted by molar-refractivity contribution is 0.0959. The fourth-order valence-electron chi connectivity index (χ4n) is 0.954. The number of hydrogen-bond acceptors (Lipinski definition) is 2. The van der Waals surface area contributed by atoms with Crippen LogP contribution in [-0.2, 0) is 0 Å². The molecule has 0 radical (unpaired) electrons. The number of halogens is 2. The molecule has 0 atom stereocenters. The lowest BCUT2D eigenvalue weighted by Crippen LogP contribution is -2.32. The lowest BCUT2D eigenvalue weighted by atomic mass is 10.2. The van der Waals surface area contributed by atoms with Gasteiger partial charge in [0, 0.05) is 15.1 Å². The van der Waals surface area contributed by atoms with Gasteiger partial charge in [0.05, 0.1) is 11.5 Å². The Kier molecular flexibility index (Phi) is 4.50. The topological polar surface area (TPSA) is 55.1 Å². The number of rotatable bonds is 3. The first kappa shape index (κ1) is 12.4. The van der Waals surface area contributed by atoms with Crippen molar-refractivity contribution >= 4 is 50.6 Å². The van der Waals surface area contributed by atoms with E-state index in [4.69, 9.17) is 17.3 Å². The van der Waals surface area contributed by atoms with Gasteiger partial charge in [-0.1, -0.05) is 39.7 Å². The summed E-state index contributed by atoms with van der Waals surface area (Å²) in [5.74, 6) is -0.258. The van der Waals surface area contributed by atoms with Gasteiger partial charge in [0.1, 0.15) is 0 Å². The molecule has 0 aromatic heterocycles. The normalized spacial score (nSPS) is 9.73. The van der Waals surface area contributed by atoms with E-state index in [0.29, 0.717) is 10.6 Å². The summed E-state index contributed by atoms with van der Waals surface area (Å²) in [6.45, 7) is 0.179. The molecule has 3 N–H and O–H groups in total. The largest absolute Gasteiger partial charge is 0.392 e. The first-order valence-electron chi connectivity index (χ1n) is 4.01. The minimum absolute atomic E-state index is 0.179. The van der Waals surface area contributed by atoms with Gasteiger partial charge in [-0.25, -0.2) is 0 Å². The molecule has 0 spiro atoms. The molecule has 0 bridgehead atoms. The van der Waals surface area contributed by atoms with Crippen LogP contribution in [-0.4, -0.2) is 17.4 Å². The third kappa shape index (κ3) is 4.15. The maximum absolute atomic E-state index is 11.5. The van der Waals surface area contributed by atoms with Crippen molar-refractivity contribution in [2.24, 2.45) is 5.73 Å². The van der Waals surface area contributed by atoms with E-state index in [1.807, 2.05) is 0 Å². The minimum atomic E-state index is -0.258. The SMILES string of the molecule is NC(=S)CNC(=O)c1cc(Cl)cc(Br)c1. The summed E-state index contributed by atoms with van der Waals surface area (Å²) in [5.41, 5.74) is 5.72. The molecule has 0 fully saturated rings. The van der Waals surface area contributed by atoms with Gasteiger partial charge < -0.3 is 11.1 Å². The second-order valence-corrected chi connectivity index (χ2v) is 4.68. The number of carbonyl (C=O) groups is 1. The van der Waals surface area contributed by atoms with Gasteiger partial charge in [-0.3, -0.25) is 4.79 Å². The van der Waals surface area contributed by atoms with Crippen molar-refractivity contribution in [2.75, 3.05) is 6.54 Å². The highest BCUT2D eigenvalue weighted by Gasteiger charge is 2.07. The van der Waals surface area contributed by atoms with Crippen LogP contribution < -0.4 is 11.1 Å². The van der Waals surface area contributed by atoms with Crippen molar-refractivity contribution in [3.05, 3.63) is 33.3 Å². The minimum Gasteiger partial charge on any atom is -0.392 e. The third-order valence-corrected chi connectivity index (χ3v) is 2.37. The van der Waals surface area contributed by atoms with E-state index in [0.717, 1.165) is 4.47 Å².